The molecule has 0 saturated heterocycles. The van der Waals surface area contributed by atoms with Crippen LogP contribution in [0, 0.1) is 24.0 Å². The molecule has 0 aliphatic rings. The predicted octanol–water partition coefficient (Wildman–Crippen LogP) is 6.16. The molecule has 1 N–H and O–H groups in total. The number of carbonyl (C=O) groups excluding carboxylic acids is 2. The Morgan fingerprint density at radius 3 is 2.33 bits per heavy atom. The Morgan fingerprint density at radius 1 is 0.930 bits per heavy atom. The molecule has 2 aromatic heterocycles. The summed E-state index contributed by atoms with van der Waals surface area (Å²) in [4.78, 5) is 35.3. The van der Waals surface area contributed by atoms with E-state index >= 15 is 0 Å². The smallest absolute Gasteiger partial charge is 0.343 e. The van der Waals surface area contributed by atoms with Gasteiger partial charge in [-0.3, -0.25) is 14.9 Å². The van der Waals surface area contributed by atoms with Gasteiger partial charge in [0.2, 0.25) is 0 Å². The molecule has 0 unspecified atom stereocenters. The molecule has 5 aromatic rings. The standard InChI is InChI=1S/C32H26N4O7/c1-21-7-8-22(2)35(21)25-13-15-27(16-14-25)41-20-28-17-18-30(42-28)31(37)34-33-19-24-5-3-4-6-29(24)43-32(38)23-9-11-26(12-10-23)36(39)40/h3-19H,20H2,1-2H3,(H,34,37)/b33-19-. The van der Waals surface area contributed by atoms with Crippen LogP contribution in [0.1, 0.15) is 43.6 Å². The number of nitrogens with zero attached hydrogens (tertiary/aromatic N) is 3. The van der Waals surface area contributed by atoms with Gasteiger partial charge in [0, 0.05) is 34.8 Å². The predicted molar refractivity (Wildman–Crippen MR) is 158 cm³/mol. The molecule has 0 fully saturated rings. The van der Waals surface area contributed by atoms with Gasteiger partial charge in [0.15, 0.2) is 5.76 Å². The summed E-state index contributed by atoms with van der Waals surface area (Å²) in [5.74, 6) is 0.0669. The molecule has 2 heterocycles. The number of hydrazone groups is 1. The third-order valence-electron chi connectivity index (χ3n) is 6.44. The van der Waals surface area contributed by atoms with Gasteiger partial charge in [-0.15, -0.1) is 0 Å². The summed E-state index contributed by atoms with van der Waals surface area (Å²) in [6.45, 7) is 4.23. The van der Waals surface area contributed by atoms with Gasteiger partial charge in [0.25, 0.3) is 5.69 Å². The highest BCUT2D eigenvalue weighted by Gasteiger charge is 2.14. The van der Waals surface area contributed by atoms with E-state index in [1.54, 1.807) is 30.3 Å². The Kier molecular flexibility index (Phi) is 8.43. The molecular weight excluding hydrogens is 552 g/mol. The van der Waals surface area contributed by atoms with E-state index in [9.17, 15) is 19.7 Å². The van der Waals surface area contributed by atoms with Gasteiger partial charge in [-0.2, -0.15) is 5.10 Å². The molecule has 0 aliphatic carbocycles. The fourth-order valence-corrected chi connectivity index (χ4v) is 4.27. The van der Waals surface area contributed by atoms with Gasteiger partial charge >= 0.3 is 11.9 Å². The number of rotatable bonds is 10. The Bertz CT molecular complexity index is 1780. The minimum absolute atomic E-state index is 0.0440. The minimum Gasteiger partial charge on any atom is -0.486 e. The van der Waals surface area contributed by atoms with Gasteiger partial charge < -0.3 is 18.5 Å². The third kappa shape index (κ3) is 6.85. The minimum atomic E-state index is -0.702. The zero-order valence-electron chi connectivity index (χ0n) is 23.2. The molecule has 11 nitrogen and oxygen atoms in total. The van der Waals surface area contributed by atoms with Crippen molar-refractivity contribution in [1.82, 2.24) is 9.99 Å². The van der Waals surface area contributed by atoms with Crippen LogP contribution in [0.4, 0.5) is 5.69 Å². The number of carbonyl (C=O) groups is 2. The average Bonchev–Trinajstić information content (AvgIpc) is 3.63. The summed E-state index contributed by atoms with van der Waals surface area (Å²) >= 11 is 0. The van der Waals surface area contributed by atoms with Gasteiger partial charge in [-0.25, -0.2) is 10.2 Å². The lowest BCUT2D eigenvalue weighted by Crippen LogP contribution is -2.17. The Morgan fingerprint density at radius 2 is 1.63 bits per heavy atom. The first-order valence-corrected chi connectivity index (χ1v) is 13.1. The lowest BCUT2D eigenvalue weighted by Gasteiger charge is -2.10. The van der Waals surface area contributed by atoms with Gasteiger partial charge in [-0.05, 0) is 86.6 Å². The van der Waals surface area contributed by atoms with Crippen LogP contribution < -0.4 is 14.9 Å². The van der Waals surface area contributed by atoms with E-state index in [0.29, 0.717) is 17.1 Å². The zero-order valence-corrected chi connectivity index (χ0v) is 23.2. The van der Waals surface area contributed by atoms with Gasteiger partial charge in [0.05, 0.1) is 16.7 Å². The Hall–Kier alpha value is -5.97. The molecule has 0 spiro atoms. The van der Waals surface area contributed by atoms with E-state index in [0.717, 1.165) is 17.1 Å². The largest absolute Gasteiger partial charge is 0.486 e. The van der Waals surface area contributed by atoms with Crippen molar-refractivity contribution in [2.75, 3.05) is 0 Å². The van der Waals surface area contributed by atoms with E-state index in [1.165, 1.54) is 36.5 Å². The Labute approximate surface area is 246 Å². The van der Waals surface area contributed by atoms with E-state index in [1.807, 2.05) is 24.3 Å². The van der Waals surface area contributed by atoms with Crippen LogP contribution in [-0.4, -0.2) is 27.6 Å². The number of hydrogen-bond acceptors (Lipinski definition) is 8. The molecule has 0 aliphatic heterocycles. The van der Waals surface area contributed by atoms with Crippen LogP contribution in [-0.2, 0) is 6.61 Å². The number of esters is 1. The molecule has 11 heteroatoms. The number of nitro benzene ring substituents is 1. The quantitative estimate of drug-likeness (QED) is 0.0689. The number of amides is 1. The van der Waals surface area contributed by atoms with Crippen molar-refractivity contribution in [3.8, 4) is 17.2 Å². The number of furan rings is 1. The molecule has 3 aromatic carbocycles. The number of ether oxygens (including phenoxy) is 2. The highest BCUT2D eigenvalue weighted by Crippen LogP contribution is 2.22. The number of para-hydroxylation sites is 1. The van der Waals surface area contributed by atoms with Crippen molar-refractivity contribution in [2.24, 2.45) is 5.10 Å². The van der Waals surface area contributed by atoms with Crippen molar-refractivity contribution >= 4 is 23.8 Å². The fourth-order valence-electron chi connectivity index (χ4n) is 4.27. The number of aryl methyl sites for hydroxylation is 2. The molecule has 0 saturated carbocycles. The maximum absolute atomic E-state index is 12.6. The normalized spacial score (nSPS) is 10.9. The van der Waals surface area contributed by atoms with Crippen molar-refractivity contribution < 1.29 is 28.4 Å². The summed E-state index contributed by atoms with van der Waals surface area (Å²) in [5.41, 5.74) is 6.12. The monoisotopic (exact) mass is 578 g/mol. The fraction of sp³-hybridized carbons (Fsp3) is 0.0938. The number of hydrogen-bond donors (Lipinski definition) is 1. The molecule has 0 bridgehead atoms. The highest BCUT2D eigenvalue weighted by molar-refractivity contribution is 5.94. The second-order valence-electron chi connectivity index (χ2n) is 9.43. The van der Waals surface area contributed by atoms with E-state index in [4.69, 9.17) is 13.9 Å². The zero-order chi connectivity index (χ0) is 30.3. The van der Waals surface area contributed by atoms with Crippen molar-refractivity contribution in [1.29, 1.82) is 0 Å². The molecule has 5 rings (SSSR count). The number of benzene rings is 3. The maximum Gasteiger partial charge on any atom is 0.343 e. The van der Waals surface area contributed by atoms with Gasteiger partial charge in [0.1, 0.15) is 23.9 Å². The summed E-state index contributed by atoms with van der Waals surface area (Å²) in [5, 5.41) is 14.8. The highest BCUT2D eigenvalue weighted by atomic mass is 16.6. The van der Waals surface area contributed by atoms with Crippen molar-refractivity contribution in [3.05, 3.63) is 141 Å². The van der Waals surface area contributed by atoms with Crippen LogP contribution in [0.15, 0.2) is 107 Å². The summed E-state index contributed by atoms with van der Waals surface area (Å²) in [7, 11) is 0. The lowest BCUT2D eigenvalue weighted by atomic mass is 10.2. The second-order valence-corrected chi connectivity index (χ2v) is 9.43. The average molecular weight is 579 g/mol. The molecule has 216 valence electrons. The van der Waals surface area contributed by atoms with E-state index < -0.39 is 16.8 Å². The maximum atomic E-state index is 12.6. The summed E-state index contributed by atoms with van der Waals surface area (Å²) < 4.78 is 19.0. The first-order chi connectivity index (χ1) is 20.8. The van der Waals surface area contributed by atoms with Crippen LogP contribution in [0.3, 0.4) is 0 Å². The molecule has 0 atom stereocenters. The first kappa shape index (κ1) is 28.6. The van der Waals surface area contributed by atoms with Crippen LogP contribution in [0.5, 0.6) is 11.5 Å². The molecule has 1 amide bonds. The van der Waals surface area contributed by atoms with Gasteiger partial charge in [-0.1, -0.05) is 12.1 Å². The second kappa shape index (κ2) is 12.7. The summed E-state index contributed by atoms with van der Waals surface area (Å²) in [6, 6.07) is 26.6. The first-order valence-electron chi connectivity index (χ1n) is 13.1. The van der Waals surface area contributed by atoms with Crippen molar-refractivity contribution in [3.63, 3.8) is 0 Å². The lowest BCUT2D eigenvalue weighted by molar-refractivity contribution is -0.384. The molecule has 0 radical (unpaired) electrons. The number of nitrogens with one attached hydrogen (secondary N) is 1. The summed E-state index contributed by atoms with van der Waals surface area (Å²) in [6.07, 6.45) is 1.32. The SMILES string of the molecule is Cc1ccc(C)n1-c1ccc(OCc2ccc(C(=O)N/N=C\c3ccccc3OC(=O)c3ccc([N+](=O)[O-])cc3)o2)cc1. The Balaban J connectivity index is 1.15. The molecular formula is C32H26N4O7. The van der Waals surface area contributed by atoms with Crippen molar-refractivity contribution in [2.45, 2.75) is 20.5 Å². The van der Waals surface area contributed by atoms with Crippen LogP contribution >= 0.6 is 0 Å². The molecule has 43 heavy (non-hydrogen) atoms. The van der Waals surface area contributed by atoms with E-state index in [-0.39, 0.29) is 29.4 Å². The van der Waals surface area contributed by atoms with E-state index in [2.05, 4.69) is 41.1 Å². The number of aromatic nitrogens is 1. The number of nitro groups is 1. The topological polar surface area (TPSA) is 138 Å². The van der Waals surface area contributed by atoms with Crippen LogP contribution in [0.2, 0.25) is 0 Å². The number of non-ortho nitro benzene ring substituents is 1. The van der Waals surface area contributed by atoms with Crippen LogP contribution in [0.25, 0.3) is 5.69 Å². The third-order valence-corrected chi connectivity index (χ3v) is 6.44.